The third-order valence-corrected chi connectivity index (χ3v) is 4.71. The second-order valence-corrected chi connectivity index (χ2v) is 7.07. The lowest BCUT2D eigenvalue weighted by atomic mass is 9.96. The Morgan fingerprint density at radius 1 is 1.35 bits per heavy atom. The van der Waals surface area contributed by atoms with Crippen LogP contribution in [0, 0.1) is 5.92 Å². The van der Waals surface area contributed by atoms with E-state index in [1.807, 2.05) is 0 Å². The minimum absolute atomic E-state index is 0.730. The SMILES string of the molecule is CC1CCC(c2ccc3sc(CN(C)C)nc3c2)=NC1. The number of fused-ring (bicyclic) bond motifs is 1. The summed E-state index contributed by atoms with van der Waals surface area (Å²) in [5.74, 6) is 0.730. The van der Waals surface area contributed by atoms with Crippen molar-refractivity contribution < 1.29 is 0 Å². The Kier molecular flexibility index (Phi) is 3.85. The Hall–Kier alpha value is -1.26. The first kappa shape index (κ1) is 13.7. The highest BCUT2D eigenvalue weighted by Gasteiger charge is 2.14. The van der Waals surface area contributed by atoms with Gasteiger partial charge in [0.05, 0.1) is 10.2 Å². The first-order valence-electron chi connectivity index (χ1n) is 7.19. The summed E-state index contributed by atoms with van der Waals surface area (Å²) in [4.78, 5) is 11.6. The number of rotatable bonds is 3. The first-order valence-corrected chi connectivity index (χ1v) is 8.01. The van der Waals surface area contributed by atoms with Gasteiger partial charge in [0, 0.05) is 18.8 Å². The van der Waals surface area contributed by atoms with Crippen LogP contribution >= 0.6 is 11.3 Å². The molecule has 2 heterocycles. The van der Waals surface area contributed by atoms with E-state index in [4.69, 9.17) is 9.98 Å². The fourth-order valence-corrected chi connectivity index (χ4v) is 3.61. The van der Waals surface area contributed by atoms with Crippen molar-refractivity contribution in [3.8, 4) is 0 Å². The summed E-state index contributed by atoms with van der Waals surface area (Å²) in [7, 11) is 4.16. The topological polar surface area (TPSA) is 28.5 Å². The molecule has 0 bridgehead atoms. The zero-order valence-electron chi connectivity index (χ0n) is 12.4. The summed E-state index contributed by atoms with van der Waals surface area (Å²) in [5.41, 5.74) is 3.63. The molecule has 0 saturated carbocycles. The maximum absolute atomic E-state index is 4.75. The minimum atomic E-state index is 0.730. The molecule has 3 nitrogen and oxygen atoms in total. The minimum Gasteiger partial charge on any atom is -0.303 e. The highest BCUT2D eigenvalue weighted by molar-refractivity contribution is 7.18. The Labute approximate surface area is 124 Å². The number of nitrogens with zero attached hydrogens (tertiary/aromatic N) is 3. The van der Waals surface area contributed by atoms with Crippen molar-refractivity contribution in [1.29, 1.82) is 0 Å². The molecule has 1 aliphatic rings. The van der Waals surface area contributed by atoms with E-state index in [0.29, 0.717) is 0 Å². The summed E-state index contributed by atoms with van der Waals surface area (Å²) in [5, 5.41) is 1.18. The fourth-order valence-electron chi connectivity index (χ4n) is 2.55. The van der Waals surface area contributed by atoms with Crippen molar-refractivity contribution in [2.75, 3.05) is 20.6 Å². The van der Waals surface area contributed by atoms with E-state index in [9.17, 15) is 0 Å². The molecule has 0 spiro atoms. The zero-order valence-corrected chi connectivity index (χ0v) is 13.2. The van der Waals surface area contributed by atoms with E-state index in [2.05, 4.69) is 44.1 Å². The molecule has 106 valence electrons. The van der Waals surface area contributed by atoms with E-state index < -0.39 is 0 Å². The fraction of sp³-hybridized carbons (Fsp3) is 0.500. The Balaban J connectivity index is 1.90. The van der Waals surface area contributed by atoms with Crippen LogP contribution in [0.25, 0.3) is 10.2 Å². The average molecular weight is 287 g/mol. The van der Waals surface area contributed by atoms with Gasteiger partial charge in [-0.2, -0.15) is 0 Å². The van der Waals surface area contributed by atoms with Crippen molar-refractivity contribution in [2.24, 2.45) is 10.9 Å². The molecule has 3 rings (SSSR count). The molecule has 2 aromatic rings. The molecule has 1 aromatic carbocycles. The van der Waals surface area contributed by atoms with Crippen LogP contribution < -0.4 is 0 Å². The van der Waals surface area contributed by atoms with Crippen LogP contribution in [0.3, 0.4) is 0 Å². The number of aliphatic imine (C=N–C) groups is 1. The third-order valence-electron chi connectivity index (χ3n) is 3.68. The lowest BCUT2D eigenvalue weighted by molar-refractivity contribution is 0.402. The Bertz CT molecular complexity index is 642. The van der Waals surface area contributed by atoms with Gasteiger partial charge in [-0.3, -0.25) is 4.99 Å². The predicted octanol–water partition coefficient (Wildman–Crippen LogP) is 3.58. The number of benzene rings is 1. The second-order valence-electron chi connectivity index (χ2n) is 5.96. The predicted molar refractivity (Wildman–Crippen MR) is 86.8 cm³/mol. The van der Waals surface area contributed by atoms with Gasteiger partial charge in [-0.05, 0) is 50.6 Å². The maximum atomic E-state index is 4.75. The highest BCUT2D eigenvalue weighted by atomic mass is 32.1. The normalized spacial score (nSPS) is 19.6. The van der Waals surface area contributed by atoms with Crippen molar-refractivity contribution in [2.45, 2.75) is 26.3 Å². The first-order chi connectivity index (χ1) is 9.61. The molecule has 0 radical (unpaired) electrons. The van der Waals surface area contributed by atoms with Gasteiger partial charge in [0.2, 0.25) is 0 Å². The molecule has 20 heavy (non-hydrogen) atoms. The lowest BCUT2D eigenvalue weighted by Gasteiger charge is -2.17. The largest absolute Gasteiger partial charge is 0.303 e. The van der Waals surface area contributed by atoms with E-state index in [1.54, 1.807) is 11.3 Å². The van der Waals surface area contributed by atoms with Crippen LogP contribution in [0.4, 0.5) is 0 Å². The van der Waals surface area contributed by atoms with Gasteiger partial charge in [-0.1, -0.05) is 13.0 Å². The molecule has 1 aliphatic heterocycles. The molecule has 0 amide bonds. The summed E-state index contributed by atoms with van der Waals surface area (Å²) >= 11 is 1.79. The van der Waals surface area contributed by atoms with Crippen LogP contribution in [-0.2, 0) is 6.54 Å². The summed E-state index contributed by atoms with van der Waals surface area (Å²) in [6.07, 6.45) is 2.35. The Morgan fingerprint density at radius 2 is 2.20 bits per heavy atom. The number of hydrogen-bond donors (Lipinski definition) is 0. The molecule has 0 aliphatic carbocycles. The van der Waals surface area contributed by atoms with Gasteiger partial charge in [0.25, 0.3) is 0 Å². The summed E-state index contributed by atoms with van der Waals surface area (Å²) < 4.78 is 1.27. The van der Waals surface area contributed by atoms with E-state index in [0.717, 1.165) is 30.9 Å². The van der Waals surface area contributed by atoms with Crippen LogP contribution in [0.1, 0.15) is 30.3 Å². The zero-order chi connectivity index (χ0) is 14.1. The summed E-state index contributed by atoms with van der Waals surface area (Å²) in [6, 6.07) is 6.61. The lowest BCUT2D eigenvalue weighted by Crippen LogP contribution is -2.14. The second kappa shape index (κ2) is 5.62. The number of aromatic nitrogens is 1. The molecule has 4 heteroatoms. The van der Waals surface area contributed by atoms with Crippen molar-refractivity contribution in [1.82, 2.24) is 9.88 Å². The quantitative estimate of drug-likeness (QED) is 0.863. The van der Waals surface area contributed by atoms with Gasteiger partial charge in [-0.25, -0.2) is 4.98 Å². The molecule has 0 N–H and O–H groups in total. The van der Waals surface area contributed by atoms with Crippen molar-refractivity contribution >= 4 is 27.3 Å². The molecule has 0 saturated heterocycles. The van der Waals surface area contributed by atoms with Gasteiger partial charge < -0.3 is 4.90 Å². The van der Waals surface area contributed by atoms with Gasteiger partial charge >= 0.3 is 0 Å². The molecule has 1 aromatic heterocycles. The van der Waals surface area contributed by atoms with Gasteiger partial charge in [-0.15, -0.1) is 11.3 Å². The van der Waals surface area contributed by atoms with E-state index >= 15 is 0 Å². The van der Waals surface area contributed by atoms with Gasteiger partial charge in [0.1, 0.15) is 5.01 Å². The molecule has 1 atom stereocenters. The molecule has 1 unspecified atom stereocenters. The third kappa shape index (κ3) is 2.91. The Morgan fingerprint density at radius 3 is 2.90 bits per heavy atom. The van der Waals surface area contributed by atoms with Crippen LogP contribution in [0.15, 0.2) is 23.2 Å². The van der Waals surface area contributed by atoms with E-state index in [1.165, 1.54) is 27.4 Å². The molecule has 0 fully saturated rings. The molecular weight excluding hydrogens is 266 g/mol. The van der Waals surface area contributed by atoms with Crippen LogP contribution in [0.2, 0.25) is 0 Å². The van der Waals surface area contributed by atoms with Crippen LogP contribution in [0.5, 0.6) is 0 Å². The number of hydrogen-bond acceptors (Lipinski definition) is 4. The van der Waals surface area contributed by atoms with E-state index in [-0.39, 0.29) is 0 Å². The average Bonchev–Trinajstić information content (AvgIpc) is 2.79. The number of thiazole rings is 1. The van der Waals surface area contributed by atoms with Crippen LogP contribution in [-0.4, -0.2) is 36.2 Å². The van der Waals surface area contributed by atoms with Crippen molar-refractivity contribution in [3.05, 3.63) is 28.8 Å². The monoisotopic (exact) mass is 287 g/mol. The highest BCUT2D eigenvalue weighted by Crippen LogP contribution is 2.26. The van der Waals surface area contributed by atoms with Crippen molar-refractivity contribution in [3.63, 3.8) is 0 Å². The summed E-state index contributed by atoms with van der Waals surface area (Å²) in [6.45, 7) is 4.15. The standard InChI is InChI=1S/C16H21N3S/c1-11-4-6-13(17-9-11)12-5-7-15-14(8-12)18-16(20-15)10-19(2)3/h5,7-8,11H,4,6,9-10H2,1-3H3. The van der Waals surface area contributed by atoms with Gasteiger partial charge in [0.15, 0.2) is 0 Å². The maximum Gasteiger partial charge on any atom is 0.108 e. The smallest absolute Gasteiger partial charge is 0.108 e. The molecular formula is C16H21N3S.